The molecule has 4 heteroatoms. The van der Waals surface area contributed by atoms with E-state index in [9.17, 15) is 4.79 Å². The van der Waals surface area contributed by atoms with Crippen LogP contribution >= 0.6 is 11.6 Å². The zero-order chi connectivity index (χ0) is 14.8. The van der Waals surface area contributed by atoms with Gasteiger partial charge in [-0.25, -0.2) is 0 Å². The maximum absolute atomic E-state index is 12.4. The van der Waals surface area contributed by atoms with Gasteiger partial charge in [0.15, 0.2) is 0 Å². The molecule has 1 atom stereocenters. The Kier molecular flexibility index (Phi) is 4.39. The van der Waals surface area contributed by atoms with Crippen LogP contribution in [0.1, 0.15) is 38.2 Å². The molecular formula is C17H22ClNO2. The maximum Gasteiger partial charge on any atom is 0.227 e. The number of benzene rings is 1. The van der Waals surface area contributed by atoms with Crippen LogP contribution in [0.5, 0.6) is 5.75 Å². The van der Waals surface area contributed by atoms with E-state index in [1.807, 2.05) is 18.2 Å². The van der Waals surface area contributed by atoms with Crippen molar-refractivity contribution in [1.29, 1.82) is 0 Å². The van der Waals surface area contributed by atoms with Crippen molar-refractivity contribution in [3.63, 3.8) is 0 Å². The van der Waals surface area contributed by atoms with E-state index in [1.165, 1.54) is 12.8 Å². The van der Waals surface area contributed by atoms with Crippen LogP contribution in [0.15, 0.2) is 18.2 Å². The standard InChI is InChI=1S/C17H22ClNO2/c1-11-2-5-15(6-3-11)19-17(20)13-8-12-9-14(18)4-7-16(12)21-10-13/h4,7,9,11,13,15H,2-3,5-6,8,10H2,1H3,(H,19,20). The highest BCUT2D eigenvalue weighted by Gasteiger charge is 2.28. The van der Waals surface area contributed by atoms with Gasteiger partial charge in [-0.15, -0.1) is 0 Å². The Morgan fingerprint density at radius 3 is 2.81 bits per heavy atom. The number of rotatable bonds is 2. The summed E-state index contributed by atoms with van der Waals surface area (Å²) in [6, 6.07) is 5.95. The Labute approximate surface area is 131 Å². The van der Waals surface area contributed by atoms with E-state index in [2.05, 4.69) is 12.2 Å². The highest BCUT2D eigenvalue weighted by atomic mass is 35.5. The van der Waals surface area contributed by atoms with Crippen molar-refractivity contribution in [2.75, 3.05) is 6.61 Å². The predicted molar refractivity (Wildman–Crippen MR) is 83.7 cm³/mol. The van der Waals surface area contributed by atoms with Crippen molar-refractivity contribution in [3.05, 3.63) is 28.8 Å². The first-order valence-electron chi connectivity index (χ1n) is 7.83. The van der Waals surface area contributed by atoms with Gasteiger partial charge in [0.25, 0.3) is 0 Å². The molecule has 1 aromatic carbocycles. The summed E-state index contributed by atoms with van der Waals surface area (Å²) in [4.78, 5) is 12.4. The number of nitrogens with one attached hydrogen (secondary N) is 1. The van der Waals surface area contributed by atoms with Crippen LogP contribution in [0.4, 0.5) is 0 Å². The molecule has 3 nitrogen and oxygen atoms in total. The maximum atomic E-state index is 12.4. The van der Waals surface area contributed by atoms with Gasteiger partial charge in [-0.05, 0) is 61.8 Å². The molecule has 1 unspecified atom stereocenters. The number of amides is 1. The van der Waals surface area contributed by atoms with E-state index < -0.39 is 0 Å². The molecular weight excluding hydrogens is 286 g/mol. The lowest BCUT2D eigenvalue weighted by atomic mass is 9.87. The van der Waals surface area contributed by atoms with E-state index in [0.29, 0.717) is 24.1 Å². The summed E-state index contributed by atoms with van der Waals surface area (Å²) in [7, 11) is 0. The van der Waals surface area contributed by atoms with Crippen LogP contribution < -0.4 is 10.1 Å². The minimum absolute atomic E-state index is 0.102. The van der Waals surface area contributed by atoms with Gasteiger partial charge < -0.3 is 10.1 Å². The molecule has 0 saturated heterocycles. The Balaban J connectivity index is 1.59. The van der Waals surface area contributed by atoms with E-state index in [4.69, 9.17) is 16.3 Å². The third kappa shape index (κ3) is 3.52. The van der Waals surface area contributed by atoms with Crippen LogP contribution in [-0.2, 0) is 11.2 Å². The molecule has 1 fully saturated rings. The van der Waals surface area contributed by atoms with Crippen molar-refractivity contribution in [1.82, 2.24) is 5.32 Å². The first kappa shape index (κ1) is 14.7. The fourth-order valence-corrected chi connectivity index (χ4v) is 3.45. The Morgan fingerprint density at radius 1 is 1.29 bits per heavy atom. The SMILES string of the molecule is CC1CCC(NC(=O)C2COc3ccc(Cl)cc3C2)CC1. The Bertz CT molecular complexity index is 524. The molecule has 2 aliphatic rings. The van der Waals surface area contributed by atoms with Crippen molar-refractivity contribution >= 4 is 17.5 Å². The van der Waals surface area contributed by atoms with Crippen molar-refractivity contribution in [3.8, 4) is 5.75 Å². The van der Waals surface area contributed by atoms with Crippen molar-refractivity contribution < 1.29 is 9.53 Å². The second kappa shape index (κ2) is 6.27. The average molecular weight is 308 g/mol. The number of carbonyl (C=O) groups is 1. The summed E-state index contributed by atoms with van der Waals surface area (Å²) < 4.78 is 5.70. The largest absolute Gasteiger partial charge is 0.492 e. The zero-order valence-corrected chi connectivity index (χ0v) is 13.2. The number of carbonyl (C=O) groups excluding carboxylic acids is 1. The zero-order valence-electron chi connectivity index (χ0n) is 12.4. The summed E-state index contributed by atoms with van der Waals surface area (Å²) in [6.45, 7) is 2.75. The van der Waals surface area contributed by atoms with Gasteiger partial charge in [0.1, 0.15) is 12.4 Å². The fraction of sp³-hybridized carbons (Fsp3) is 0.588. The van der Waals surface area contributed by atoms with E-state index in [1.54, 1.807) is 0 Å². The molecule has 114 valence electrons. The molecule has 1 amide bonds. The predicted octanol–water partition coefficient (Wildman–Crippen LogP) is 3.59. The first-order valence-corrected chi connectivity index (χ1v) is 8.21. The lowest BCUT2D eigenvalue weighted by Gasteiger charge is -2.30. The Hall–Kier alpha value is -1.22. The van der Waals surface area contributed by atoms with Crippen molar-refractivity contribution in [2.24, 2.45) is 11.8 Å². The van der Waals surface area contributed by atoms with Gasteiger partial charge in [-0.3, -0.25) is 4.79 Å². The van der Waals surface area contributed by atoms with Crippen LogP contribution in [0, 0.1) is 11.8 Å². The number of fused-ring (bicyclic) bond motifs is 1. The van der Waals surface area contributed by atoms with Gasteiger partial charge in [0.05, 0.1) is 5.92 Å². The van der Waals surface area contributed by atoms with Gasteiger partial charge in [0, 0.05) is 11.1 Å². The molecule has 1 aliphatic carbocycles. The highest BCUT2D eigenvalue weighted by molar-refractivity contribution is 6.30. The average Bonchev–Trinajstić information content (AvgIpc) is 2.48. The number of hydrogen-bond acceptors (Lipinski definition) is 2. The molecule has 0 radical (unpaired) electrons. The molecule has 1 aromatic rings. The normalized spacial score (nSPS) is 28.4. The van der Waals surface area contributed by atoms with Crippen LogP contribution in [-0.4, -0.2) is 18.6 Å². The molecule has 1 saturated carbocycles. The molecule has 0 spiro atoms. The van der Waals surface area contributed by atoms with E-state index >= 15 is 0 Å². The van der Waals surface area contributed by atoms with Crippen molar-refractivity contribution in [2.45, 2.75) is 45.1 Å². The number of ether oxygens (including phenoxy) is 1. The summed E-state index contributed by atoms with van der Waals surface area (Å²) in [5.74, 6) is 1.68. The lowest BCUT2D eigenvalue weighted by Crippen LogP contribution is -2.43. The highest BCUT2D eigenvalue weighted by Crippen LogP contribution is 2.30. The lowest BCUT2D eigenvalue weighted by molar-refractivity contribution is -0.127. The quantitative estimate of drug-likeness (QED) is 0.907. The minimum atomic E-state index is -0.102. The molecule has 0 aromatic heterocycles. The van der Waals surface area contributed by atoms with Crippen LogP contribution in [0.25, 0.3) is 0 Å². The van der Waals surface area contributed by atoms with Gasteiger partial charge in [-0.2, -0.15) is 0 Å². The van der Waals surface area contributed by atoms with Crippen LogP contribution in [0.3, 0.4) is 0 Å². The third-order valence-corrected chi connectivity index (χ3v) is 4.90. The summed E-state index contributed by atoms with van der Waals surface area (Å²) in [5, 5.41) is 3.90. The van der Waals surface area contributed by atoms with E-state index in [0.717, 1.165) is 30.1 Å². The summed E-state index contributed by atoms with van der Waals surface area (Å²) >= 11 is 6.02. The Morgan fingerprint density at radius 2 is 2.05 bits per heavy atom. The molecule has 1 aliphatic heterocycles. The topological polar surface area (TPSA) is 38.3 Å². The molecule has 1 N–H and O–H groups in total. The van der Waals surface area contributed by atoms with Crippen LogP contribution in [0.2, 0.25) is 5.02 Å². The molecule has 1 heterocycles. The second-order valence-corrected chi connectivity index (χ2v) is 6.87. The minimum Gasteiger partial charge on any atom is -0.492 e. The smallest absolute Gasteiger partial charge is 0.227 e. The fourth-order valence-electron chi connectivity index (χ4n) is 3.25. The van der Waals surface area contributed by atoms with Gasteiger partial charge in [0.2, 0.25) is 5.91 Å². The monoisotopic (exact) mass is 307 g/mol. The summed E-state index contributed by atoms with van der Waals surface area (Å²) in [5.41, 5.74) is 1.03. The first-order chi connectivity index (χ1) is 10.1. The molecule has 0 bridgehead atoms. The molecule has 21 heavy (non-hydrogen) atoms. The second-order valence-electron chi connectivity index (χ2n) is 6.43. The van der Waals surface area contributed by atoms with Gasteiger partial charge >= 0.3 is 0 Å². The van der Waals surface area contributed by atoms with E-state index in [-0.39, 0.29) is 11.8 Å². The van der Waals surface area contributed by atoms with Gasteiger partial charge in [-0.1, -0.05) is 18.5 Å². The number of hydrogen-bond donors (Lipinski definition) is 1. The molecule has 3 rings (SSSR count). The summed E-state index contributed by atoms with van der Waals surface area (Å²) in [6.07, 6.45) is 5.34. The number of halogens is 1. The third-order valence-electron chi connectivity index (χ3n) is 4.66.